The fourth-order valence-electron chi connectivity index (χ4n) is 3.58. The Morgan fingerprint density at radius 2 is 1.77 bits per heavy atom. The fraction of sp³-hybridized carbons (Fsp3) is 0.526. The quantitative estimate of drug-likeness (QED) is 0.799. The normalized spacial score (nSPS) is 20.0. The predicted molar refractivity (Wildman–Crippen MR) is 106 cm³/mol. The van der Waals surface area contributed by atoms with E-state index in [0.29, 0.717) is 6.54 Å². The lowest BCUT2D eigenvalue weighted by molar-refractivity contribution is -0.135. The summed E-state index contributed by atoms with van der Waals surface area (Å²) in [6, 6.07) is 8.29. The molecule has 0 spiro atoms. The van der Waals surface area contributed by atoms with Crippen molar-refractivity contribution in [3.8, 4) is 0 Å². The van der Waals surface area contributed by atoms with Gasteiger partial charge in [-0.1, -0.05) is 29.8 Å². The molecule has 1 amide bonds. The third-order valence-electron chi connectivity index (χ3n) is 5.16. The molecule has 2 fully saturated rings. The maximum atomic E-state index is 12.5. The number of piperazine rings is 1. The lowest BCUT2D eigenvalue weighted by Crippen LogP contribution is -2.51. The lowest BCUT2D eigenvalue weighted by atomic mass is 10.2. The highest BCUT2D eigenvalue weighted by molar-refractivity contribution is 7.19. The summed E-state index contributed by atoms with van der Waals surface area (Å²) in [6.45, 7) is 7.96. The number of morpholine rings is 1. The summed E-state index contributed by atoms with van der Waals surface area (Å²) in [5.74, 6) is 0.242. The van der Waals surface area contributed by atoms with Crippen molar-refractivity contribution in [3.63, 3.8) is 0 Å². The summed E-state index contributed by atoms with van der Waals surface area (Å²) in [5.41, 5.74) is 0. The van der Waals surface area contributed by atoms with Gasteiger partial charge in [-0.3, -0.25) is 14.6 Å². The average molecular weight is 394 g/mol. The predicted octanol–water partition coefficient (Wildman–Crippen LogP) is 2.53. The van der Waals surface area contributed by atoms with Crippen molar-refractivity contribution in [1.29, 1.82) is 0 Å². The van der Waals surface area contributed by atoms with E-state index in [-0.39, 0.29) is 5.91 Å². The average Bonchev–Trinajstić information content (AvgIpc) is 2.99. The van der Waals surface area contributed by atoms with Gasteiger partial charge in [-0.2, -0.15) is 0 Å². The molecule has 26 heavy (non-hydrogen) atoms. The summed E-state index contributed by atoms with van der Waals surface area (Å²) in [5, 5.41) is 2.03. The summed E-state index contributed by atoms with van der Waals surface area (Å²) in [6.07, 6.45) is 0. The first-order valence-corrected chi connectivity index (χ1v) is 10.4. The number of hydrogen-bond acceptors (Lipinski definition) is 5. The van der Waals surface area contributed by atoms with Crippen LogP contribution in [0.4, 0.5) is 0 Å². The van der Waals surface area contributed by atoms with Crippen molar-refractivity contribution in [1.82, 2.24) is 14.7 Å². The van der Waals surface area contributed by atoms with Gasteiger partial charge in [0.15, 0.2) is 0 Å². The third kappa shape index (κ3) is 4.05. The first-order valence-electron chi connectivity index (χ1n) is 9.17. The molecule has 2 aromatic rings. The van der Waals surface area contributed by atoms with E-state index in [9.17, 15) is 4.79 Å². The van der Waals surface area contributed by atoms with Crippen molar-refractivity contribution in [2.45, 2.75) is 6.54 Å². The Bertz CT molecular complexity index is 767. The Morgan fingerprint density at radius 1 is 1.04 bits per heavy atom. The van der Waals surface area contributed by atoms with E-state index in [0.717, 1.165) is 69.4 Å². The van der Waals surface area contributed by atoms with E-state index < -0.39 is 0 Å². The van der Waals surface area contributed by atoms with Crippen LogP contribution in [0.1, 0.15) is 4.88 Å². The van der Waals surface area contributed by atoms with Crippen molar-refractivity contribution >= 4 is 38.9 Å². The van der Waals surface area contributed by atoms with Gasteiger partial charge in [0.2, 0.25) is 5.91 Å². The number of halogens is 1. The number of hydrogen-bond donors (Lipinski definition) is 0. The number of carbonyl (C=O) groups is 1. The van der Waals surface area contributed by atoms with Gasteiger partial charge in [-0.25, -0.2) is 0 Å². The topological polar surface area (TPSA) is 36.0 Å². The Hall–Kier alpha value is -1.18. The molecule has 0 bridgehead atoms. The van der Waals surface area contributed by atoms with Gasteiger partial charge in [0.25, 0.3) is 0 Å². The largest absolute Gasteiger partial charge is 0.379 e. The Morgan fingerprint density at radius 3 is 2.50 bits per heavy atom. The molecule has 2 aliphatic rings. The standard InChI is InChI=1S/C19H24ClN3O2S/c20-19-15-3-1-2-4-16(15)26-17(19)13-21-5-7-23(8-6-21)18(24)14-22-9-11-25-12-10-22/h1-4H,5-14H2. The first-order chi connectivity index (χ1) is 12.7. The molecule has 2 aliphatic heterocycles. The molecule has 0 radical (unpaired) electrons. The van der Waals surface area contributed by atoms with Crippen LogP contribution in [0, 0.1) is 0 Å². The van der Waals surface area contributed by atoms with Crippen LogP contribution in [0.15, 0.2) is 24.3 Å². The summed E-state index contributed by atoms with van der Waals surface area (Å²) >= 11 is 8.34. The zero-order valence-corrected chi connectivity index (χ0v) is 16.4. The number of thiophene rings is 1. The van der Waals surface area contributed by atoms with Gasteiger partial charge < -0.3 is 9.64 Å². The summed E-state index contributed by atoms with van der Waals surface area (Å²) in [7, 11) is 0. The number of rotatable bonds is 4. The van der Waals surface area contributed by atoms with Crippen molar-refractivity contribution < 1.29 is 9.53 Å². The minimum Gasteiger partial charge on any atom is -0.379 e. The molecule has 0 atom stereocenters. The SMILES string of the molecule is O=C(CN1CCOCC1)N1CCN(Cc2sc3ccccc3c2Cl)CC1. The molecular formula is C19H24ClN3O2S. The lowest BCUT2D eigenvalue weighted by Gasteiger charge is -2.36. The number of nitrogens with zero attached hydrogens (tertiary/aromatic N) is 3. The van der Waals surface area contributed by atoms with Gasteiger partial charge in [-0.15, -0.1) is 11.3 Å². The first kappa shape index (κ1) is 18.2. The second kappa shape index (κ2) is 8.23. The molecule has 1 aromatic heterocycles. The van der Waals surface area contributed by atoms with Crippen LogP contribution >= 0.6 is 22.9 Å². The molecular weight excluding hydrogens is 370 g/mol. The molecule has 0 unspecified atom stereocenters. The highest BCUT2D eigenvalue weighted by Crippen LogP contribution is 2.35. The molecule has 2 saturated heterocycles. The molecule has 140 valence electrons. The van der Waals surface area contributed by atoms with Crippen LogP contribution in [0.25, 0.3) is 10.1 Å². The smallest absolute Gasteiger partial charge is 0.236 e. The van der Waals surface area contributed by atoms with Crippen LogP contribution in [-0.4, -0.2) is 79.6 Å². The minimum atomic E-state index is 0.242. The number of amides is 1. The highest BCUT2D eigenvalue weighted by Gasteiger charge is 2.24. The molecule has 7 heteroatoms. The third-order valence-corrected chi connectivity index (χ3v) is 6.86. The van der Waals surface area contributed by atoms with E-state index in [1.54, 1.807) is 11.3 Å². The van der Waals surface area contributed by atoms with E-state index in [4.69, 9.17) is 16.3 Å². The fourth-order valence-corrected chi connectivity index (χ4v) is 5.11. The zero-order valence-electron chi connectivity index (χ0n) is 14.8. The van der Waals surface area contributed by atoms with E-state index in [1.807, 2.05) is 11.0 Å². The van der Waals surface area contributed by atoms with Gasteiger partial charge in [-0.05, 0) is 6.07 Å². The summed E-state index contributed by atoms with van der Waals surface area (Å²) < 4.78 is 6.59. The molecule has 0 saturated carbocycles. The van der Waals surface area contributed by atoms with Gasteiger partial charge >= 0.3 is 0 Å². The van der Waals surface area contributed by atoms with Crippen molar-refractivity contribution in [2.75, 3.05) is 59.0 Å². The molecule has 3 heterocycles. The van der Waals surface area contributed by atoms with E-state index >= 15 is 0 Å². The van der Waals surface area contributed by atoms with Gasteiger partial charge in [0, 0.05) is 60.8 Å². The zero-order chi connectivity index (χ0) is 17.9. The van der Waals surface area contributed by atoms with Crippen LogP contribution in [0.2, 0.25) is 5.02 Å². The maximum Gasteiger partial charge on any atom is 0.236 e. The van der Waals surface area contributed by atoms with Crippen LogP contribution in [0.5, 0.6) is 0 Å². The number of ether oxygens (including phenoxy) is 1. The molecule has 5 nitrogen and oxygen atoms in total. The second-order valence-corrected chi connectivity index (χ2v) is 8.40. The second-order valence-electron chi connectivity index (χ2n) is 6.88. The monoisotopic (exact) mass is 393 g/mol. The molecule has 0 N–H and O–H groups in total. The van der Waals surface area contributed by atoms with E-state index in [2.05, 4.69) is 28.0 Å². The van der Waals surface area contributed by atoms with Gasteiger partial charge in [0.1, 0.15) is 0 Å². The molecule has 1 aromatic carbocycles. The Kier molecular flexibility index (Phi) is 5.76. The van der Waals surface area contributed by atoms with Crippen molar-refractivity contribution in [3.05, 3.63) is 34.2 Å². The number of fused-ring (bicyclic) bond motifs is 1. The molecule has 0 aliphatic carbocycles. The van der Waals surface area contributed by atoms with Gasteiger partial charge in [0.05, 0.1) is 24.8 Å². The van der Waals surface area contributed by atoms with E-state index in [1.165, 1.54) is 9.58 Å². The van der Waals surface area contributed by atoms with Crippen LogP contribution < -0.4 is 0 Å². The Balaban J connectivity index is 1.30. The minimum absolute atomic E-state index is 0.242. The van der Waals surface area contributed by atoms with Crippen LogP contribution in [0.3, 0.4) is 0 Å². The Labute approximate surface area is 163 Å². The maximum absolute atomic E-state index is 12.5. The van der Waals surface area contributed by atoms with Crippen molar-refractivity contribution in [2.24, 2.45) is 0 Å². The highest BCUT2D eigenvalue weighted by atomic mass is 35.5. The van der Waals surface area contributed by atoms with Crippen LogP contribution in [-0.2, 0) is 16.1 Å². The molecule has 4 rings (SSSR count). The number of carbonyl (C=O) groups excluding carboxylic acids is 1. The number of benzene rings is 1. The summed E-state index contributed by atoms with van der Waals surface area (Å²) in [4.78, 5) is 20.3.